The molecule has 0 aliphatic heterocycles. The third kappa shape index (κ3) is 2.43. The van der Waals surface area contributed by atoms with E-state index in [-0.39, 0.29) is 18.3 Å². The van der Waals surface area contributed by atoms with Gasteiger partial charge in [-0.15, -0.1) is 12.4 Å². The first kappa shape index (κ1) is 12.7. The monoisotopic (exact) mass is 256 g/mol. The van der Waals surface area contributed by atoms with E-state index in [4.69, 9.17) is 11.6 Å². The molecule has 3 nitrogen and oxygen atoms in total. The highest BCUT2D eigenvalue weighted by Gasteiger charge is 2.05. The maximum absolute atomic E-state index is 10.9. The number of anilines is 1. The van der Waals surface area contributed by atoms with Crippen molar-refractivity contribution in [2.45, 2.75) is 6.92 Å². The number of carbonyl (C=O) groups excluding carboxylic acids is 1. The topological polar surface area (TPSA) is 42.0 Å². The second kappa shape index (κ2) is 5.14. The lowest BCUT2D eigenvalue weighted by molar-refractivity contribution is -0.114. The summed E-state index contributed by atoms with van der Waals surface area (Å²) in [5.74, 6) is -0.139. The number of aromatic nitrogens is 1. The van der Waals surface area contributed by atoms with Gasteiger partial charge in [-0.05, 0) is 17.5 Å². The zero-order valence-corrected chi connectivity index (χ0v) is 10.1. The summed E-state index contributed by atoms with van der Waals surface area (Å²) < 4.78 is 0. The number of nitrogens with one attached hydrogen (secondary N) is 1. The van der Waals surface area contributed by atoms with Crippen LogP contribution in [0.15, 0.2) is 30.6 Å². The van der Waals surface area contributed by atoms with Crippen LogP contribution in [0.5, 0.6) is 0 Å². The molecular formula is C11H10Cl2N2O. The lowest BCUT2D eigenvalue weighted by Crippen LogP contribution is -2.06. The van der Waals surface area contributed by atoms with Crippen molar-refractivity contribution < 1.29 is 4.79 Å². The number of amides is 1. The quantitative estimate of drug-likeness (QED) is 0.851. The molecule has 16 heavy (non-hydrogen) atoms. The highest BCUT2D eigenvalue weighted by Crippen LogP contribution is 2.30. The normalized spacial score (nSPS) is 9.62. The van der Waals surface area contributed by atoms with Crippen LogP contribution in [0.4, 0.5) is 5.69 Å². The number of pyridine rings is 1. The van der Waals surface area contributed by atoms with E-state index in [1.54, 1.807) is 18.5 Å². The molecule has 1 aromatic carbocycles. The summed E-state index contributed by atoms with van der Waals surface area (Å²) in [5, 5.41) is 5.03. The number of hydrogen-bond acceptors (Lipinski definition) is 2. The Bertz CT molecular complexity index is 528. The van der Waals surface area contributed by atoms with Gasteiger partial charge in [0.1, 0.15) is 0 Å². The first-order valence-electron chi connectivity index (χ1n) is 4.48. The molecule has 0 bridgehead atoms. The third-order valence-electron chi connectivity index (χ3n) is 2.07. The van der Waals surface area contributed by atoms with Gasteiger partial charge in [-0.2, -0.15) is 0 Å². The van der Waals surface area contributed by atoms with Crippen LogP contribution < -0.4 is 5.32 Å². The van der Waals surface area contributed by atoms with E-state index < -0.39 is 0 Å². The minimum absolute atomic E-state index is 0. The molecule has 0 spiro atoms. The average molecular weight is 257 g/mol. The van der Waals surface area contributed by atoms with Gasteiger partial charge in [0.25, 0.3) is 0 Å². The van der Waals surface area contributed by atoms with Gasteiger partial charge in [-0.25, -0.2) is 0 Å². The molecule has 0 atom stereocenters. The number of fused-ring (bicyclic) bond motifs is 1. The van der Waals surface area contributed by atoms with Crippen LogP contribution in [0.25, 0.3) is 10.8 Å². The van der Waals surface area contributed by atoms with Gasteiger partial charge in [-0.1, -0.05) is 17.7 Å². The van der Waals surface area contributed by atoms with Gasteiger partial charge in [-0.3, -0.25) is 9.78 Å². The summed E-state index contributed by atoms with van der Waals surface area (Å²) in [6, 6.07) is 5.55. The third-order valence-corrected chi connectivity index (χ3v) is 2.48. The van der Waals surface area contributed by atoms with E-state index in [0.717, 1.165) is 10.8 Å². The molecule has 1 aromatic heterocycles. The molecule has 84 valence electrons. The van der Waals surface area contributed by atoms with Crippen molar-refractivity contribution >= 4 is 46.4 Å². The fraction of sp³-hybridized carbons (Fsp3) is 0.0909. The molecule has 5 heteroatoms. The van der Waals surface area contributed by atoms with E-state index in [1.807, 2.05) is 12.1 Å². The summed E-state index contributed by atoms with van der Waals surface area (Å²) in [6.45, 7) is 1.45. The van der Waals surface area contributed by atoms with E-state index in [0.29, 0.717) is 10.7 Å². The van der Waals surface area contributed by atoms with Gasteiger partial charge < -0.3 is 5.32 Å². The molecule has 0 unspecified atom stereocenters. The Morgan fingerprint density at radius 1 is 1.38 bits per heavy atom. The average Bonchev–Trinajstić information content (AvgIpc) is 2.22. The number of rotatable bonds is 1. The van der Waals surface area contributed by atoms with Crippen LogP contribution >= 0.6 is 24.0 Å². The fourth-order valence-corrected chi connectivity index (χ4v) is 1.68. The molecule has 0 saturated heterocycles. The van der Waals surface area contributed by atoms with E-state index in [9.17, 15) is 4.79 Å². The molecule has 0 aliphatic carbocycles. The number of benzene rings is 1. The molecule has 0 radical (unpaired) electrons. The molecule has 1 amide bonds. The highest BCUT2D eigenvalue weighted by atomic mass is 35.5. The Kier molecular flexibility index (Phi) is 4.10. The van der Waals surface area contributed by atoms with Crippen molar-refractivity contribution in [1.82, 2.24) is 4.98 Å². The summed E-state index contributed by atoms with van der Waals surface area (Å²) in [5.41, 5.74) is 0.615. The van der Waals surface area contributed by atoms with E-state index in [1.165, 1.54) is 6.92 Å². The Morgan fingerprint density at radius 3 is 2.81 bits per heavy atom. The smallest absolute Gasteiger partial charge is 0.221 e. The van der Waals surface area contributed by atoms with E-state index >= 15 is 0 Å². The summed E-state index contributed by atoms with van der Waals surface area (Å²) >= 11 is 6.13. The number of halogens is 2. The molecule has 2 rings (SSSR count). The van der Waals surface area contributed by atoms with Crippen LogP contribution in [0.3, 0.4) is 0 Å². The summed E-state index contributed by atoms with van der Waals surface area (Å²) in [7, 11) is 0. The zero-order valence-electron chi connectivity index (χ0n) is 8.53. The summed E-state index contributed by atoms with van der Waals surface area (Å²) in [6.07, 6.45) is 3.39. The van der Waals surface area contributed by atoms with Gasteiger partial charge in [0, 0.05) is 24.7 Å². The molecule has 0 aliphatic rings. The minimum Gasteiger partial charge on any atom is -0.325 e. The van der Waals surface area contributed by atoms with Gasteiger partial charge in [0.2, 0.25) is 5.91 Å². The number of nitrogens with zero attached hydrogens (tertiary/aromatic N) is 1. The SMILES string of the molecule is CC(=O)Nc1ccc2ccncc2c1Cl.Cl. The van der Waals surface area contributed by atoms with Crippen LogP contribution in [0, 0.1) is 0 Å². The molecule has 0 fully saturated rings. The maximum atomic E-state index is 10.9. The largest absolute Gasteiger partial charge is 0.325 e. The molecule has 0 saturated carbocycles. The van der Waals surface area contributed by atoms with E-state index in [2.05, 4.69) is 10.3 Å². The minimum atomic E-state index is -0.139. The van der Waals surface area contributed by atoms with Crippen molar-refractivity contribution in [2.24, 2.45) is 0 Å². The number of carbonyl (C=O) groups is 1. The summed E-state index contributed by atoms with van der Waals surface area (Å²) in [4.78, 5) is 14.9. The Hall–Kier alpha value is -1.32. The second-order valence-electron chi connectivity index (χ2n) is 3.21. The molecule has 1 N–H and O–H groups in total. The lowest BCUT2D eigenvalue weighted by atomic mass is 10.1. The zero-order chi connectivity index (χ0) is 10.8. The number of hydrogen-bond donors (Lipinski definition) is 1. The van der Waals surface area contributed by atoms with Crippen molar-refractivity contribution in [3.63, 3.8) is 0 Å². The molecule has 1 heterocycles. The molecular weight excluding hydrogens is 247 g/mol. The van der Waals surface area contributed by atoms with Gasteiger partial charge >= 0.3 is 0 Å². The standard InChI is InChI=1S/C11H9ClN2O.ClH/c1-7(15)14-10-3-2-8-4-5-13-6-9(8)11(10)12;/h2-6H,1H3,(H,14,15);1H. The Balaban J connectivity index is 0.00000128. The van der Waals surface area contributed by atoms with Crippen molar-refractivity contribution in [3.05, 3.63) is 35.6 Å². The predicted molar refractivity (Wildman–Crippen MR) is 68.3 cm³/mol. The van der Waals surface area contributed by atoms with Gasteiger partial charge in [0.05, 0.1) is 10.7 Å². The van der Waals surface area contributed by atoms with Crippen molar-refractivity contribution in [1.29, 1.82) is 0 Å². The Labute approximate surface area is 104 Å². The van der Waals surface area contributed by atoms with Crippen LogP contribution in [0.1, 0.15) is 6.92 Å². The van der Waals surface area contributed by atoms with Gasteiger partial charge in [0.15, 0.2) is 0 Å². The first-order chi connectivity index (χ1) is 7.18. The van der Waals surface area contributed by atoms with Crippen molar-refractivity contribution in [3.8, 4) is 0 Å². The second-order valence-corrected chi connectivity index (χ2v) is 3.58. The Morgan fingerprint density at radius 2 is 2.12 bits per heavy atom. The fourth-order valence-electron chi connectivity index (χ4n) is 1.41. The first-order valence-corrected chi connectivity index (χ1v) is 4.86. The molecule has 2 aromatic rings. The lowest BCUT2D eigenvalue weighted by Gasteiger charge is -2.07. The van der Waals surface area contributed by atoms with Crippen LogP contribution in [-0.2, 0) is 4.79 Å². The van der Waals surface area contributed by atoms with Crippen LogP contribution in [0.2, 0.25) is 5.02 Å². The maximum Gasteiger partial charge on any atom is 0.221 e. The van der Waals surface area contributed by atoms with Crippen LogP contribution in [-0.4, -0.2) is 10.9 Å². The predicted octanol–water partition coefficient (Wildman–Crippen LogP) is 3.27. The van der Waals surface area contributed by atoms with Crippen molar-refractivity contribution in [2.75, 3.05) is 5.32 Å². The highest BCUT2D eigenvalue weighted by molar-refractivity contribution is 6.38.